The van der Waals surface area contributed by atoms with Crippen LogP contribution >= 0.6 is 0 Å². The van der Waals surface area contributed by atoms with Crippen LogP contribution in [0, 0.1) is 0 Å². The molecular formula is C20H26N2O2. The van der Waals surface area contributed by atoms with Gasteiger partial charge in [-0.15, -0.1) is 0 Å². The number of hydrogen-bond acceptors (Lipinski definition) is 3. The maximum Gasteiger partial charge on any atom is 0.251 e. The third-order valence-electron chi connectivity index (χ3n) is 3.93. The molecule has 128 valence electrons. The minimum absolute atomic E-state index is 0.0540. The number of amides is 1. The normalized spacial score (nSPS) is 11.8. The van der Waals surface area contributed by atoms with Gasteiger partial charge in [-0.2, -0.15) is 0 Å². The third kappa shape index (κ3) is 4.83. The lowest BCUT2D eigenvalue weighted by atomic mass is 10.0. The Morgan fingerprint density at radius 2 is 1.79 bits per heavy atom. The molecule has 0 saturated carbocycles. The van der Waals surface area contributed by atoms with Gasteiger partial charge in [-0.05, 0) is 42.7 Å². The molecule has 1 N–H and O–H groups in total. The second-order valence-corrected chi connectivity index (χ2v) is 6.23. The lowest BCUT2D eigenvalue weighted by molar-refractivity contribution is 0.0935. The number of methoxy groups -OCH3 is 1. The first-order chi connectivity index (χ1) is 11.5. The van der Waals surface area contributed by atoms with Crippen molar-refractivity contribution in [2.45, 2.75) is 26.0 Å². The van der Waals surface area contributed by atoms with E-state index in [0.29, 0.717) is 12.2 Å². The van der Waals surface area contributed by atoms with Crippen LogP contribution in [-0.4, -0.2) is 33.2 Å². The number of hydrogen-bond donors (Lipinski definition) is 1. The molecule has 1 unspecified atom stereocenters. The Bertz CT molecular complexity index is 666. The van der Waals surface area contributed by atoms with E-state index >= 15 is 0 Å². The summed E-state index contributed by atoms with van der Waals surface area (Å²) >= 11 is 0. The molecule has 1 atom stereocenters. The number of carbonyl (C=O) groups is 1. The molecule has 0 aliphatic carbocycles. The van der Waals surface area contributed by atoms with Gasteiger partial charge in [0.05, 0.1) is 6.61 Å². The summed E-state index contributed by atoms with van der Waals surface area (Å²) in [6.45, 7) is 2.46. The zero-order chi connectivity index (χ0) is 17.5. The summed E-state index contributed by atoms with van der Waals surface area (Å²) in [5.74, 6) is -0.0555. The van der Waals surface area contributed by atoms with E-state index in [1.54, 1.807) is 7.11 Å². The molecule has 2 aromatic rings. The SMILES string of the molecule is COCc1ccccc1C(=O)NC(C)Cc1ccc(N(C)C)cc1. The van der Waals surface area contributed by atoms with Gasteiger partial charge in [0.15, 0.2) is 0 Å². The number of ether oxygens (including phenoxy) is 1. The van der Waals surface area contributed by atoms with E-state index < -0.39 is 0 Å². The van der Waals surface area contributed by atoms with E-state index in [4.69, 9.17) is 4.74 Å². The van der Waals surface area contributed by atoms with Crippen LogP contribution in [0.3, 0.4) is 0 Å². The average Bonchev–Trinajstić information content (AvgIpc) is 2.56. The summed E-state index contributed by atoms with van der Waals surface area (Å²) < 4.78 is 5.17. The van der Waals surface area contributed by atoms with Crippen molar-refractivity contribution in [1.29, 1.82) is 0 Å². The minimum Gasteiger partial charge on any atom is -0.380 e. The third-order valence-corrected chi connectivity index (χ3v) is 3.93. The predicted molar refractivity (Wildman–Crippen MR) is 98.6 cm³/mol. The Hall–Kier alpha value is -2.33. The van der Waals surface area contributed by atoms with Crippen LogP contribution < -0.4 is 10.2 Å². The summed E-state index contributed by atoms with van der Waals surface area (Å²) in [5.41, 5.74) is 3.96. The van der Waals surface area contributed by atoms with E-state index in [2.05, 4.69) is 34.5 Å². The Labute approximate surface area is 144 Å². The lowest BCUT2D eigenvalue weighted by Crippen LogP contribution is -2.34. The molecular weight excluding hydrogens is 300 g/mol. The van der Waals surface area contributed by atoms with Crippen molar-refractivity contribution in [3.05, 3.63) is 65.2 Å². The summed E-state index contributed by atoms with van der Waals surface area (Å²) in [7, 11) is 5.68. The Morgan fingerprint density at radius 1 is 1.12 bits per heavy atom. The summed E-state index contributed by atoms with van der Waals surface area (Å²) in [5, 5.41) is 3.08. The Balaban J connectivity index is 1.99. The molecule has 2 aromatic carbocycles. The fourth-order valence-electron chi connectivity index (χ4n) is 2.66. The lowest BCUT2D eigenvalue weighted by Gasteiger charge is -2.17. The fourth-order valence-corrected chi connectivity index (χ4v) is 2.66. The first-order valence-corrected chi connectivity index (χ1v) is 8.15. The largest absolute Gasteiger partial charge is 0.380 e. The van der Waals surface area contributed by atoms with Crippen molar-refractivity contribution >= 4 is 11.6 Å². The maximum atomic E-state index is 12.5. The van der Waals surface area contributed by atoms with Crippen molar-refractivity contribution in [2.75, 3.05) is 26.1 Å². The molecule has 24 heavy (non-hydrogen) atoms. The highest BCUT2D eigenvalue weighted by molar-refractivity contribution is 5.95. The van der Waals surface area contributed by atoms with Crippen LogP contribution in [0.4, 0.5) is 5.69 Å². The molecule has 1 amide bonds. The van der Waals surface area contributed by atoms with E-state index in [1.807, 2.05) is 45.3 Å². The monoisotopic (exact) mass is 326 g/mol. The number of nitrogens with zero attached hydrogens (tertiary/aromatic N) is 1. The topological polar surface area (TPSA) is 41.6 Å². The van der Waals surface area contributed by atoms with Gasteiger partial charge in [0.1, 0.15) is 0 Å². The quantitative estimate of drug-likeness (QED) is 0.849. The van der Waals surface area contributed by atoms with Crippen LogP contribution in [0.15, 0.2) is 48.5 Å². The van der Waals surface area contributed by atoms with Crippen LogP contribution in [0.2, 0.25) is 0 Å². The number of anilines is 1. The van der Waals surface area contributed by atoms with Crippen LogP contribution in [0.5, 0.6) is 0 Å². The van der Waals surface area contributed by atoms with Crippen molar-refractivity contribution in [1.82, 2.24) is 5.32 Å². The highest BCUT2D eigenvalue weighted by Crippen LogP contribution is 2.14. The number of carbonyl (C=O) groups excluding carboxylic acids is 1. The summed E-state index contributed by atoms with van der Waals surface area (Å²) in [6, 6.07) is 16.0. The smallest absolute Gasteiger partial charge is 0.251 e. The number of benzene rings is 2. The molecule has 0 radical (unpaired) electrons. The van der Waals surface area contributed by atoms with Crippen LogP contribution in [0.25, 0.3) is 0 Å². The summed E-state index contributed by atoms with van der Waals surface area (Å²) in [4.78, 5) is 14.6. The van der Waals surface area contributed by atoms with Gasteiger partial charge < -0.3 is 15.0 Å². The Kier molecular flexibility index (Phi) is 6.38. The second-order valence-electron chi connectivity index (χ2n) is 6.23. The van der Waals surface area contributed by atoms with Crippen molar-refractivity contribution in [3.63, 3.8) is 0 Å². The van der Waals surface area contributed by atoms with Gasteiger partial charge in [0, 0.05) is 38.5 Å². The molecule has 4 heteroatoms. The van der Waals surface area contributed by atoms with Crippen molar-refractivity contribution in [2.24, 2.45) is 0 Å². The zero-order valence-corrected chi connectivity index (χ0v) is 14.9. The minimum atomic E-state index is -0.0555. The highest BCUT2D eigenvalue weighted by Gasteiger charge is 2.13. The van der Waals surface area contributed by atoms with Gasteiger partial charge >= 0.3 is 0 Å². The molecule has 0 fully saturated rings. The molecule has 0 aliphatic rings. The van der Waals surface area contributed by atoms with E-state index in [0.717, 1.165) is 12.0 Å². The molecule has 4 nitrogen and oxygen atoms in total. The standard InChI is InChI=1S/C20H26N2O2/c1-15(13-16-9-11-18(12-10-16)22(2)3)21-20(23)19-8-6-5-7-17(19)14-24-4/h5-12,15H,13-14H2,1-4H3,(H,21,23). The molecule has 0 aromatic heterocycles. The zero-order valence-electron chi connectivity index (χ0n) is 14.9. The van der Waals surface area contributed by atoms with Gasteiger partial charge in [0.25, 0.3) is 5.91 Å². The van der Waals surface area contributed by atoms with Gasteiger partial charge in [0.2, 0.25) is 0 Å². The van der Waals surface area contributed by atoms with E-state index in [1.165, 1.54) is 11.3 Å². The van der Waals surface area contributed by atoms with Gasteiger partial charge in [-0.1, -0.05) is 30.3 Å². The predicted octanol–water partition coefficient (Wildman–Crippen LogP) is 3.26. The van der Waals surface area contributed by atoms with Crippen LogP contribution in [0.1, 0.15) is 28.4 Å². The first-order valence-electron chi connectivity index (χ1n) is 8.15. The molecule has 0 spiro atoms. The second kappa shape index (κ2) is 8.50. The average molecular weight is 326 g/mol. The maximum absolute atomic E-state index is 12.5. The van der Waals surface area contributed by atoms with Crippen molar-refractivity contribution < 1.29 is 9.53 Å². The van der Waals surface area contributed by atoms with Gasteiger partial charge in [-0.25, -0.2) is 0 Å². The number of rotatable bonds is 7. The summed E-state index contributed by atoms with van der Waals surface area (Å²) in [6.07, 6.45) is 0.798. The van der Waals surface area contributed by atoms with E-state index in [9.17, 15) is 4.79 Å². The molecule has 0 bridgehead atoms. The fraction of sp³-hybridized carbons (Fsp3) is 0.350. The molecule has 0 saturated heterocycles. The van der Waals surface area contributed by atoms with Gasteiger partial charge in [-0.3, -0.25) is 4.79 Å². The molecule has 2 rings (SSSR count). The molecule has 0 aliphatic heterocycles. The van der Waals surface area contributed by atoms with Crippen LogP contribution in [-0.2, 0) is 17.8 Å². The van der Waals surface area contributed by atoms with Crippen molar-refractivity contribution in [3.8, 4) is 0 Å². The highest BCUT2D eigenvalue weighted by atomic mass is 16.5. The molecule has 0 heterocycles. The number of nitrogens with one attached hydrogen (secondary N) is 1. The van der Waals surface area contributed by atoms with E-state index in [-0.39, 0.29) is 11.9 Å². The Morgan fingerprint density at radius 3 is 2.42 bits per heavy atom. The first kappa shape index (κ1) is 18.0.